The zero-order valence-corrected chi connectivity index (χ0v) is 13.5. The van der Waals surface area contributed by atoms with Gasteiger partial charge < -0.3 is 10.1 Å². The van der Waals surface area contributed by atoms with Gasteiger partial charge in [-0.05, 0) is 52.7 Å². The Morgan fingerprint density at radius 1 is 1.30 bits per heavy atom. The topological polar surface area (TPSA) is 34.1 Å². The predicted octanol–water partition coefficient (Wildman–Crippen LogP) is 4.79. The number of pyridine rings is 1. The Labute approximate surface area is 132 Å². The van der Waals surface area contributed by atoms with Gasteiger partial charge in [0.1, 0.15) is 5.75 Å². The van der Waals surface area contributed by atoms with E-state index in [1.807, 2.05) is 24.4 Å². The molecule has 1 N–H and O–H groups in total. The van der Waals surface area contributed by atoms with Gasteiger partial charge >= 0.3 is 0 Å². The molecule has 2 rings (SSSR count). The number of hydrogen-bond donors (Lipinski definition) is 1. The lowest BCUT2D eigenvalue weighted by Crippen LogP contribution is -2.13. The molecule has 0 amide bonds. The van der Waals surface area contributed by atoms with Crippen LogP contribution in [0.1, 0.15) is 18.9 Å². The molecule has 2 aromatic rings. The highest BCUT2D eigenvalue weighted by Crippen LogP contribution is 2.31. The number of aromatic nitrogens is 1. The van der Waals surface area contributed by atoms with E-state index < -0.39 is 0 Å². The van der Waals surface area contributed by atoms with Crippen LogP contribution in [0.3, 0.4) is 0 Å². The van der Waals surface area contributed by atoms with Crippen LogP contribution in [0.2, 0.25) is 5.02 Å². The molecule has 0 aliphatic heterocycles. The highest BCUT2D eigenvalue weighted by molar-refractivity contribution is 9.10. The number of nitrogens with zero attached hydrogens (tertiary/aromatic N) is 1. The summed E-state index contributed by atoms with van der Waals surface area (Å²) in [5, 5.41) is 3.99. The van der Waals surface area contributed by atoms with E-state index in [0.29, 0.717) is 16.7 Å². The Balaban J connectivity index is 1.99. The first-order valence-corrected chi connectivity index (χ1v) is 7.64. The summed E-state index contributed by atoms with van der Waals surface area (Å²) in [7, 11) is 0. The zero-order chi connectivity index (χ0) is 14.4. The second-order valence-corrected chi connectivity index (χ2v) is 5.65. The highest BCUT2D eigenvalue weighted by Gasteiger charge is 2.04. The van der Waals surface area contributed by atoms with Gasteiger partial charge in [0.05, 0.1) is 4.47 Å². The summed E-state index contributed by atoms with van der Waals surface area (Å²) in [6.07, 6.45) is 2.95. The second kappa shape index (κ2) is 7.62. The summed E-state index contributed by atoms with van der Waals surface area (Å²) in [5.41, 5.74) is 1.14. The van der Waals surface area contributed by atoms with Gasteiger partial charge in [-0.1, -0.05) is 24.6 Å². The molecule has 5 heteroatoms. The van der Waals surface area contributed by atoms with Crippen LogP contribution in [0.5, 0.6) is 11.6 Å². The molecule has 0 spiro atoms. The van der Waals surface area contributed by atoms with Crippen molar-refractivity contribution in [2.45, 2.75) is 19.9 Å². The van der Waals surface area contributed by atoms with Crippen molar-refractivity contribution in [1.82, 2.24) is 10.3 Å². The van der Waals surface area contributed by atoms with Crippen LogP contribution in [0, 0.1) is 0 Å². The predicted molar refractivity (Wildman–Crippen MR) is 85.5 cm³/mol. The first-order valence-electron chi connectivity index (χ1n) is 6.47. The molecule has 0 aliphatic rings. The summed E-state index contributed by atoms with van der Waals surface area (Å²) in [6.45, 7) is 3.98. The Morgan fingerprint density at radius 3 is 2.80 bits per heavy atom. The number of halogens is 2. The van der Waals surface area contributed by atoms with Gasteiger partial charge in [-0.25, -0.2) is 4.98 Å². The van der Waals surface area contributed by atoms with Gasteiger partial charge in [-0.3, -0.25) is 0 Å². The van der Waals surface area contributed by atoms with Crippen molar-refractivity contribution in [3.63, 3.8) is 0 Å². The lowest BCUT2D eigenvalue weighted by molar-refractivity contribution is 0.459. The highest BCUT2D eigenvalue weighted by atomic mass is 79.9. The first kappa shape index (κ1) is 15.3. The van der Waals surface area contributed by atoms with Crippen LogP contribution < -0.4 is 10.1 Å². The molecule has 1 aromatic carbocycles. The molecule has 0 radical (unpaired) electrons. The third kappa shape index (κ3) is 4.47. The van der Waals surface area contributed by atoms with Crippen molar-refractivity contribution in [3.8, 4) is 11.6 Å². The molecule has 1 heterocycles. The minimum Gasteiger partial charge on any atom is -0.438 e. The standard InChI is InChI=1S/C15H16BrClN2O/c1-2-7-18-9-11-3-6-15(19-10-11)20-14-5-4-12(17)8-13(14)16/h3-6,8,10,18H,2,7,9H2,1H3. The maximum absolute atomic E-state index is 5.89. The van der Waals surface area contributed by atoms with Crippen LogP contribution in [-0.4, -0.2) is 11.5 Å². The van der Waals surface area contributed by atoms with E-state index in [-0.39, 0.29) is 0 Å². The van der Waals surface area contributed by atoms with Gasteiger partial charge in [0.25, 0.3) is 0 Å². The molecule has 3 nitrogen and oxygen atoms in total. The fourth-order valence-corrected chi connectivity index (χ4v) is 2.42. The lowest BCUT2D eigenvalue weighted by Gasteiger charge is -2.08. The number of nitrogens with one attached hydrogen (secondary N) is 1. The van der Waals surface area contributed by atoms with Crippen LogP contribution in [-0.2, 0) is 6.54 Å². The van der Waals surface area contributed by atoms with Crippen LogP contribution in [0.4, 0.5) is 0 Å². The molecule has 0 aliphatic carbocycles. The van der Waals surface area contributed by atoms with Crippen LogP contribution >= 0.6 is 27.5 Å². The van der Waals surface area contributed by atoms with E-state index in [2.05, 4.69) is 33.2 Å². The van der Waals surface area contributed by atoms with Gasteiger partial charge in [0, 0.05) is 23.8 Å². The van der Waals surface area contributed by atoms with Crippen molar-refractivity contribution >= 4 is 27.5 Å². The van der Waals surface area contributed by atoms with Crippen molar-refractivity contribution < 1.29 is 4.74 Å². The molecular formula is C15H16BrClN2O. The smallest absolute Gasteiger partial charge is 0.219 e. The normalized spacial score (nSPS) is 10.6. The summed E-state index contributed by atoms with van der Waals surface area (Å²) in [5.74, 6) is 1.26. The quantitative estimate of drug-likeness (QED) is 0.757. The number of rotatable bonds is 6. The molecule has 1 aromatic heterocycles. The maximum atomic E-state index is 5.89. The van der Waals surface area contributed by atoms with E-state index in [4.69, 9.17) is 16.3 Å². The van der Waals surface area contributed by atoms with Crippen LogP contribution in [0.15, 0.2) is 41.0 Å². The minimum atomic E-state index is 0.562. The molecule has 0 fully saturated rings. The summed E-state index contributed by atoms with van der Waals surface area (Å²) in [4.78, 5) is 4.30. The molecule has 0 unspecified atom stereocenters. The monoisotopic (exact) mass is 354 g/mol. The van der Waals surface area contributed by atoms with Crippen molar-refractivity contribution in [2.24, 2.45) is 0 Å². The average Bonchev–Trinajstić information content (AvgIpc) is 2.44. The zero-order valence-electron chi connectivity index (χ0n) is 11.2. The van der Waals surface area contributed by atoms with E-state index in [9.17, 15) is 0 Å². The van der Waals surface area contributed by atoms with E-state index in [0.717, 1.165) is 29.5 Å². The van der Waals surface area contributed by atoms with Crippen LogP contribution in [0.25, 0.3) is 0 Å². The average molecular weight is 356 g/mol. The molecule has 0 saturated carbocycles. The summed E-state index contributed by atoms with van der Waals surface area (Å²) >= 11 is 9.31. The number of hydrogen-bond acceptors (Lipinski definition) is 3. The van der Waals surface area contributed by atoms with Crippen molar-refractivity contribution in [1.29, 1.82) is 0 Å². The second-order valence-electron chi connectivity index (χ2n) is 4.36. The Morgan fingerprint density at radius 2 is 2.15 bits per heavy atom. The molecule has 0 bridgehead atoms. The van der Waals surface area contributed by atoms with Gasteiger partial charge in [-0.15, -0.1) is 0 Å². The van der Waals surface area contributed by atoms with E-state index in [1.165, 1.54) is 0 Å². The van der Waals surface area contributed by atoms with Gasteiger partial charge in [0.2, 0.25) is 5.88 Å². The summed E-state index contributed by atoms with van der Waals surface area (Å²) in [6, 6.07) is 9.26. The fourth-order valence-electron chi connectivity index (χ4n) is 1.66. The summed E-state index contributed by atoms with van der Waals surface area (Å²) < 4.78 is 6.51. The lowest BCUT2D eigenvalue weighted by atomic mass is 10.3. The minimum absolute atomic E-state index is 0.562. The Bertz CT molecular complexity index is 560. The number of ether oxygens (including phenoxy) is 1. The Kier molecular flexibility index (Phi) is 5.83. The number of benzene rings is 1. The molecular weight excluding hydrogens is 340 g/mol. The first-order chi connectivity index (χ1) is 9.69. The third-order valence-corrected chi connectivity index (χ3v) is 3.52. The van der Waals surface area contributed by atoms with Gasteiger partial charge in [0.15, 0.2) is 0 Å². The third-order valence-electron chi connectivity index (χ3n) is 2.66. The van der Waals surface area contributed by atoms with Crippen molar-refractivity contribution in [3.05, 3.63) is 51.6 Å². The molecule has 20 heavy (non-hydrogen) atoms. The van der Waals surface area contributed by atoms with Gasteiger partial charge in [-0.2, -0.15) is 0 Å². The molecule has 0 saturated heterocycles. The largest absolute Gasteiger partial charge is 0.438 e. The Hall–Kier alpha value is -1.10. The fraction of sp³-hybridized carbons (Fsp3) is 0.267. The molecule has 0 atom stereocenters. The van der Waals surface area contributed by atoms with E-state index >= 15 is 0 Å². The SMILES string of the molecule is CCCNCc1ccc(Oc2ccc(Cl)cc2Br)nc1. The van der Waals surface area contributed by atoms with Crippen molar-refractivity contribution in [2.75, 3.05) is 6.54 Å². The maximum Gasteiger partial charge on any atom is 0.219 e. The molecule has 106 valence electrons. The van der Waals surface area contributed by atoms with E-state index in [1.54, 1.807) is 12.1 Å².